The van der Waals surface area contributed by atoms with E-state index in [0.717, 1.165) is 12.1 Å². The number of halogens is 2. The summed E-state index contributed by atoms with van der Waals surface area (Å²) in [7, 11) is 0. The predicted octanol–water partition coefficient (Wildman–Crippen LogP) is 1.62. The third kappa shape index (κ3) is 3.94. The minimum Gasteiger partial charge on any atom is -0.487 e. The molecule has 0 saturated carbocycles. The average molecular weight is 245 g/mol. The highest BCUT2D eigenvalue weighted by molar-refractivity contribution is 5.36. The molecule has 5 heteroatoms. The minimum atomic E-state index is -0.736. The molecule has 3 nitrogen and oxygen atoms in total. The fraction of sp³-hybridized carbons (Fsp3) is 0.500. The molecule has 0 spiro atoms. The standard InChI is InChI=1S/C12H17F2NO2/c1-8(16)7-17-12-9(3-2-6-15)10(13)4-5-11(12)14/h4-5,8,16H,2-3,6-7,15H2,1H3. The first-order valence-corrected chi connectivity index (χ1v) is 5.54. The first kappa shape index (κ1) is 13.9. The summed E-state index contributed by atoms with van der Waals surface area (Å²) in [4.78, 5) is 0. The number of rotatable bonds is 6. The van der Waals surface area contributed by atoms with E-state index in [-0.39, 0.29) is 17.9 Å². The van der Waals surface area contributed by atoms with Gasteiger partial charge in [0.05, 0.1) is 6.10 Å². The molecule has 0 aliphatic carbocycles. The molecule has 1 rings (SSSR count). The van der Waals surface area contributed by atoms with Gasteiger partial charge in [0.15, 0.2) is 11.6 Å². The second kappa shape index (κ2) is 6.51. The molecule has 3 N–H and O–H groups in total. The fourth-order valence-electron chi connectivity index (χ4n) is 1.45. The van der Waals surface area contributed by atoms with E-state index < -0.39 is 17.7 Å². The van der Waals surface area contributed by atoms with Crippen LogP contribution in [0.2, 0.25) is 0 Å². The van der Waals surface area contributed by atoms with Crippen molar-refractivity contribution in [3.8, 4) is 5.75 Å². The predicted molar refractivity (Wildman–Crippen MR) is 60.9 cm³/mol. The highest BCUT2D eigenvalue weighted by atomic mass is 19.1. The summed E-state index contributed by atoms with van der Waals surface area (Å²) in [6, 6.07) is 2.08. The van der Waals surface area contributed by atoms with Crippen LogP contribution in [0.4, 0.5) is 8.78 Å². The van der Waals surface area contributed by atoms with Crippen molar-refractivity contribution in [2.24, 2.45) is 5.73 Å². The zero-order chi connectivity index (χ0) is 12.8. The van der Waals surface area contributed by atoms with E-state index in [4.69, 9.17) is 15.6 Å². The topological polar surface area (TPSA) is 55.5 Å². The van der Waals surface area contributed by atoms with Crippen molar-refractivity contribution in [3.63, 3.8) is 0 Å². The second-order valence-electron chi connectivity index (χ2n) is 3.89. The van der Waals surface area contributed by atoms with E-state index in [1.54, 1.807) is 0 Å². The Morgan fingerprint density at radius 1 is 1.35 bits per heavy atom. The fourth-order valence-corrected chi connectivity index (χ4v) is 1.45. The Morgan fingerprint density at radius 3 is 2.59 bits per heavy atom. The number of aliphatic hydroxyl groups is 1. The van der Waals surface area contributed by atoms with Crippen LogP contribution < -0.4 is 10.5 Å². The summed E-state index contributed by atoms with van der Waals surface area (Å²) in [5.74, 6) is -1.26. The molecule has 0 aromatic heterocycles. The Hall–Kier alpha value is -1.20. The quantitative estimate of drug-likeness (QED) is 0.800. The van der Waals surface area contributed by atoms with Crippen LogP contribution >= 0.6 is 0 Å². The molecule has 0 heterocycles. The van der Waals surface area contributed by atoms with E-state index in [1.807, 2.05) is 0 Å². The number of aliphatic hydroxyl groups excluding tert-OH is 1. The Balaban J connectivity index is 2.93. The van der Waals surface area contributed by atoms with Gasteiger partial charge >= 0.3 is 0 Å². The molecule has 0 radical (unpaired) electrons. The molecule has 0 saturated heterocycles. The van der Waals surface area contributed by atoms with Gasteiger partial charge in [-0.3, -0.25) is 0 Å². The van der Waals surface area contributed by atoms with Gasteiger partial charge in [0, 0.05) is 5.56 Å². The Labute approximate surface area is 99.2 Å². The maximum atomic E-state index is 13.5. The lowest BCUT2D eigenvalue weighted by Crippen LogP contribution is -2.15. The number of hydrogen-bond donors (Lipinski definition) is 2. The van der Waals surface area contributed by atoms with Crippen LogP contribution in [-0.2, 0) is 6.42 Å². The monoisotopic (exact) mass is 245 g/mol. The first-order chi connectivity index (χ1) is 8.06. The van der Waals surface area contributed by atoms with Gasteiger partial charge in [-0.1, -0.05) is 0 Å². The summed E-state index contributed by atoms with van der Waals surface area (Å²) < 4.78 is 32.1. The Morgan fingerprint density at radius 2 is 2.00 bits per heavy atom. The van der Waals surface area contributed by atoms with Gasteiger partial charge < -0.3 is 15.6 Å². The van der Waals surface area contributed by atoms with Gasteiger partial charge in [-0.2, -0.15) is 0 Å². The minimum absolute atomic E-state index is 0.0734. The van der Waals surface area contributed by atoms with E-state index >= 15 is 0 Å². The molecular formula is C12H17F2NO2. The zero-order valence-corrected chi connectivity index (χ0v) is 9.75. The number of benzene rings is 1. The normalized spacial score (nSPS) is 12.5. The lowest BCUT2D eigenvalue weighted by atomic mass is 10.1. The average Bonchev–Trinajstić information content (AvgIpc) is 2.28. The summed E-state index contributed by atoms with van der Waals surface area (Å²) in [6.07, 6.45) is 0.126. The highest BCUT2D eigenvalue weighted by Crippen LogP contribution is 2.26. The third-order valence-electron chi connectivity index (χ3n) is 2.26. The maximum Gasteiger partial charge on any atom is 0.165 e. The lowest BCUT2D eigenvalue weighted by molar-refractivity contribution is 0.119. The van der Waals surface area contributed by atoms with Crippen molar-refractivity contribution in [2.75, 3.05) is 13.2 Å². The Kier molecular flexibility index (Phi) is 5.31. The van der Waals surface area contributed by atoms with Crippen LogP contribution in [0, 0.1) is 11.6 Å². The van der Waals surface area contributed by atoms with Crippen LogP contribution in [-0.4, -0.2) is 24.4 Å². The summed E-state index contributed by atoms with van der Waals surface area (Å²) in [5, 5.41) is 9.08. The van der Waals surface area contributed by atoms with Crippen LogP contribution in [0.1, 0.15) is 18.9 Å². The van der Waals surface area contributed by atoms with E-state index in [1.165, 1.54) is 6.92 Å². The molecule has 0 fully saturated rings. The number of ether oxygens (including phenoxy) is 1. The van der Waals surface area contributed by atoms with Gasteiger partial charge in [-0.25, -0.2) is 8.78 Å². The summed E-state index contributed by atoms with van der Waals surface area (Å²) in [6.45, 7) is 1.83. The third-order valence-corrected chi connectivity index (χ3v) is 2.26. The molecule has 1 aromatic carbocycles. The molecule has 96 valence electrons. The van der Waals surface area contributed by atoms with Gasteiger partial charge in [0.1, 0.15) is 12.4 Å². The first-order valence-electron chi connectivity index (χ1n) is 5.54. The van der Waals surface area contributed by atoms with Crippen molar-refractivity contribution >= 4 is 0 Å². The van der Waals surface area contributed by atoms with Gasteiger partial charge in [0.25, 0.3) is 0 Å². The molecule has 0 aliphatic heterocycles. The van der Waals surface area contributed by atoms with E-state index in [0.29, 0.717) is 19.4 Å². The van der Waals surface area contributed by atoms with Crippen molar-refractivity contribution in [2.45, 2.75) is 25.9 Å². The van der Waals surface area contributed by atoms with Crippen molar-refractivity contribution < 1.29 is 18.6 Å². The second-order valence-corrected chi connectivity index (χ2v) is 3.89. The molecule has 0 aliphatic rings. The van der Waals surface area contributed by atoms with Crippen LogP contribution in [0.3, 0.4) is 0 Å². The largest absolute Gasteiger partial charge is 0.487 e. The van der Waals surface area contributed by atoms with Crippen molar-refractivity contribution in [3.05, 3.63) is 29.3 Å². The molecular weight excluding hydrogens is 228 g/mol. The lowest BCUT2D eigenvalue weighted by Gasteiger charge is -2.14. The van der Waals surface area contributed by atoms with E-state index in [2.05, 4.69) is 0 Å². The molecule has 1 unspecified atom stereocenters. The molecule has 1 atom stereocenters. The van der Waals surface area contributed by atoms with Crippen LogP contribution in [0.5, 0.6) is 5.75 Å². The van der Waals surface area contributed by atoms with E-state index in [9.17, 15) is 8.78 Å². The van der Waals surface area contributed by atoms with Gasteiger partial charge in [-0.15, -0.1) is 0 Å². The molecule has 17 heavy (non-hydrogen) atoms. The summed E-state index contributed by atoms with van der Waals surface area (Å²) in [5.41, 5.74) is 5.52. The van der Waals surface area contributed by atoms with Crippen molar-refractivity contribution in [1.82, 2.24) is 0 Å². The molecule has 1 aromatic rings. The molecule has 0 amide bonds. The van der Waals surface area contributed by atoms with Gasteiger partial charge in [0.2, 0.25) is 0 Å². The number of nitrogens with two attached hydrogens (primary N) is 1. The maximum absolute atomic E-state index is 13.5. The van der Waals surface area contributed by atoms with Crippen molar-refractivity contribution in [1.29, 1.82) is 0 Å². The smallest absolute Gasteiger partial charge is 0.165 e. The van der Waals surface area contributed by atoms with Crippen LogP contribution in [0.15, 0.2) is 12.1 Å². The van der Waals surface area contributed by atoms with Crippen LogP contribution in [0.25, 0.3) is 0 Å². The Bertz CT molecular complexity index is 370. The SMILES string of the molecule is CC(O)COc1c(F)ccc(F)c1CCCN. The molecule has 0 bridgehead atoms. The highest BCUT2D eigenvalue weighted by Gasteiger charge is 2.15. The summed E-state index contributed by atoms with van der Waals surface area (Å²) >= 11 is 0. The number of hydrogen-bond acceptors (Lipinski definition) is 3. The van der Waals surface area contributed by atoms with Gasteiger partial charge in [-0.05, 0) is 38.4 Å². The zero-order valence-electron chi connectivity index (χ0n) is 9.75.